The maximum absolute atomic E-state index is 14.7. The summed E-state index contributed by atoms with van der Waals surface area (Å²) < 4.78 is 20.3. The summed E-state index contributed by atoms with van der Waals surface area (Å²) in [5, 5.41) is 29.5. The molecule has 2 amide bonds. The Morgan fingerprint density at radius 2 is 1.75 bits per heavy atom. The molecule has 3 fully saturated rings. The van der Waals surface area contributed by atoms with Crippen molar-refractivity contribution in [3.8, 4) is 6.07 Å². The van der Waals surface area contributed by atoms with Crippen LogP contribution in [0.3, 0.4) is 0 Å². The number of aryl methyl sites for hydroxylation is 1. The van der Waals surface area contributed by atoms with Crippen molar-refractivity contribution in [2.45, 2.75) is 57.8 Å². The summed E-state index contributed by atoms with van der Waals surface area (Å²) >= 11 is 0. The number of nitrogens with zero attached hydrogens (tertiary/aromatic N) is 2. The van der Waals surface area contributed by atoms with E-state index in [1.54, 1.807) is 6.92 Å². The molecular formula is C20H23FN2O5. The quantitative estimate of drug-likeness (QED) is 0.556. The smallest absolute Gasteiger partial charge is 0.240 e. The molecule has 1 aromatic rings. The van der Waals surface area contributed by atoms with Gasteiger partial charge < -0.3 is 14.9 Å². The molecule has 0 saturated carbocycles. The minimum absolute atomic E-state index is 0.259. The monoisotopic (exact) mass is 390 g/mol. The molecule has 0 aromatic heterocycles. The number of nitriles is 1. The summed E-state index contributed by atoms with van der Waals surface area (Å²) in [6.45, 7) is 8.20. The van der Waals surface area contributed by atoms with Crippen LogP contribution in [0.4, 0.5) is 10.1 Å². The average molecular weight is 390 g/mol. The summed E-state index contributed by atoms with van der Waals surface area (Å²) in [7, 11) is 0. The Balaban J connectivity index is 0.00000109. The van der Waals surface area contributed by atoms with E-state index in [2.05, 4.69) is 0 Å². The second-order valence-corrected chi connectivity index (χ2v) is 7.56. The van der Waals surface area contributed by atoms with Crippen molar-refractivity contribution >= 4 is 17.5 Å². The number of amides is 2. The van der Waals surface area contributed by atoms with Crippen LogP contribution in [0.25, 0.3) is 0 Å². The number of fused-ring (bicyclic) bond motifs is 5. The van der Waals surface area contributed by atoms with Crippen molar-refractivity contribution in [1.82, 2.24) is 0 Å². The zero-order valence-electron chi connectivity index (χ0n) is 16.4. The number of carbonyl (C=O) groups excluding carboxylic acids is 2. The SMILES string of the molecule is CC.Cc1cc(N2C(=O)C3[C@@H](C2=O)[C@]2(C)O[C@@]3(C)C(O)(O)C2F)ccc1C#N. The van der Waals surface area contributed by atoms with Crippen molar-refractivity contribution in [2.24, 2.45) is 11.8 Å². The van der Waals surface area contributed by atoms with E-state index in [-0.39, 0.29) is 5.69 Å². The van der Waals surface area contributed by atoms with Crippen LogP contribution >= 0.6 is 0 Å². The lowest BCUT2D eigenvalue weighted by Crippen LogP contribution is -2.64. The highest BCUT2D eigenvalue weighted by atomic mass is 19.1. The number of hydrogen-bond donors (Lipinski definition) is 2. The first-order valence-electron chi connectivity index (χ1n) is 9.18. The number of anilines is 1. The van der Waals surface area contributed by atoms with Crippen molar-refractivity contribution in [3.63, 3.8) is 0 Å². The molecule has 7 nitrogen and oxygen atoms in total. The fraction of sp³-hybridized carbons (Fsp3) is 0.550. The predicted molar refractivity (Wildman–Crippen MR) is 96.7 cm³/mol. The number of alkyl halides is 1. The fourth-order valence-electron chi connectivity index (χ4n) is 4.72. The third kappa shape index (κ3) is 2.12. The Morgan fingerprint density at radius 3 is 2.29 bits per heavy atom. The van der Waals surface area contributed by atoms with Crippen LogP contribution in [0, 0.1) is 30.1 Å². The first-order chi connectivity index (χ1) is 13.0. The normalized spacial score (nSPS) is 37.4. The molecule has 0 spiro atoms. The molecule has 150 valence electrons. The van der Waals surface area contributed by atoms with E-state index in [1.807, 2.05) is 19.9 Å². The lowest BCUT2D eigenvalue weighted by atomic mass is 9.65. The van der Waals surface area contributed by atoms with Gasteiger partial charge in [0.25, 0.3) is 0 Å². The molecular weight excluding hydrogens is 367 g/mol. The minimum atomic E-state index is -2.88. The molecule has 3 aliphatic heterocycles. The fourth-order valence-corrected chi connectivity index (χ4v) is 4.72. The molecule has 1 aromatic carbocycles. The lowest BCUT2D eigenvalue weighted by Gasteiger charge is -2.40. The van der Waals surface area contributed by atoms with Crippen LogP contribution in [-0.4, -0.2) is 45.2 Å². The van der Waals surface area contributed by atoms with Crippen molar-refractivity contribution < 1.29 is 28.9 Å². The van der Waals surface area contributed by atoms with Gasteiger partial charge in [-0.2, -0.15) is 5.26 Å². The maximum Gasteiger partial charge on any atom is 0.240 e. The topological polar surface area (TPSA) is 111 Å². The molecule has 0 radical (unpaired) electrons. The molecule has 0 aliphatic carbocycles. The standard InChI is InChI=1S/C18H17FN2O5.C2H6/c1-8-6-10(5-4-9(8)7-20)21-13(22)11-12(14(21)23)17(3)18(24,25)15(19)16(11,2)26-17;1-2/h4-6,11-12,15,24-25H,1-3H3;1-2H3/t11-,12?,15?,16-,17+;/m0./s1. The molecule has 3 heterocycles. The van der Waals surface area contributed by atoms with Crippen molar-refractivity contribution in [1.29, 1.82) is 5.26 Å². The molecule has 28 heavy (non-hydrogen) atoms. The average Bonchev–Trinajstić information content (AvgIpc) is 3.12. The number of carbonyl (C=O) groups is 2. The van der Waals surface area contributed by atoms with Gasteiger partial charge in [0.1, 0.15) is 11.2 Å². The first kappa shape index (κ1) is 20.4. The maximum atomic E-state index is 14.7. The Kier molecular flexibility index (Phi) is 4.43. The van der Waals surface area contributed by atoms with Gasteiger partial charge in [0.2, 0.25) is 17.6 Å². The Morgan fingerprint density at radius 1 is 1.18 bits per heavy atom. The van der Waals surface area contributed by atoms with Crippen LogP contribution in [0.5, 0.6) is 0 Å². The molecule has 3 aliphatic rings. The highest BCUT2D eigenvalue weighted by molar-refractivity contribution is 6.23. The lowest BCUT2D eigenvalue weighted by molar-refractivity contribution is -0.266. The minimum Gasteiger partial charge on any atom is -0.361 e. The van der Waals surface area contributed by atoms with Crippen LogP contribution in [0.1, 0.15) is 38.8 Å². The van der Waals surface area contributed by atoms with Gasteiger partial charge in [0.05, 0.1) is 29.2 Å². The summed E-state index contributed by atoms with van der Waals surface area (Å²) in [6, 6.07) is 6.49. The van der Waals surface area contributed by atoms with Gasteiger partial charge in [0, 0.05) is 0 Å². The molecule has 8 heteroatoms. The molecule has 5 atom stereocenters. The predicted octanol–water partition coefficient (Wildman–Crippen LogP) is 1.58. The van der Waals surface area contributed by atoms with E-state index < -0.39 is 46.8 Å². The van der Waals surface area contributed by atoms with Crippen LogP contribution in [-0.2, 0) is 14.3 Å². The number of rotatable bonds is 1. The first-order valence-corrected chi connectivity index (χ1v) is 9.18. The van der Waals surface area contributed by atoms with Gasteiger partial charge in [-0.1, -0.05) is 13.8 Å². The van der Waals surface area contributed by atoms with Crippen LogP contribution in [0.2, 0.25) is 0 Å². The van der Waals surface area contributed by atoms with Crippen LogP contribution in [0.15, 0.2) is 18.2 Å². The molecule has 4 rings (SSSR count). The van der Waals surface area contributed by atoms with E-state index in [1.165, 1.54) is 32.0 Å². The number of hydrogen-bond acceptors (Lipinski definition) is 6. The summed E-state index contributed by atoms with van der Waals surface area (Å²) in [5.41, 5.74) is -2.50. The Labute approximate surface area is 162 Å². The van der Waals surface area contributed by atoms with E-state index in [9.17, 15) is 24.2 Å². The summed E-state index contributed by atoms with van der Waals surface area (Å²) in [5.74, 6) is -6.56. The zero-order chi connectivity index (χ0) is 21.2. The highest BCUT2D eigenvalue weighted by Gasteiger charge is 2.85. The molecule has 3 saturated heterocycles. The number of imide groups is 1. The van der Waals surface area contributed by atoms with Gasteiger partial charge >= 0.3 is 0 Å². The number of ether oxygens (including phenoxy) is 1. The number of halogens is 1. The Hall–Kier alpha value is -2.34. The van der Waals surface area contributed by atoms with Crippen LogP contribution < -0.4 is 4.90 Å². The van der Waals surface area contributed by atoms with Crippen molar-refractivity contribution in [3.05, 3.63) is 29.3 Å². The van der Waals surface area contributed by atoms with E-state index in [4.69, 9.17) is 10.00 Å². The second-order valence-electron chi connectivity index (χ2n) is 7.56. The number of benzene rings is 1. The Bertz CT molecular complexity index is 910. The molecule has 2 bridgehead atoms. The van der Waals surface area contributed by atoms with Gasteiger partial charge in [-0.05, 0) is 44.5 Å². The zero-order valence-corrected chi connectivity index (χ0v) is 16.4. The van der Waals surface area contributed by atoms with E-state index in [0.717, 1.165) is 4.90 Å². The van der Waals surface area contributed by atoms with Gasteiger partial charge in [-0.25, -0.2) is 9.29 Å². The summed E-state index contributed by atoms with van der Waals surface area (Å²) in [6.07, 6.45) is -2.24. The highest BCUT2D eigenvalue weighted by Crippen LogP contribution is 2.64. The number of aliphatic hydroxyl groups is 2. The van der Waals surface area contributed by atoms with E-state index in [0.29, 0.717) is 11.1 Å². The molecule has 2 unspecified atom stereocenters. The van der Waals surface area contributed by atoms with Gasteiger partial charge in [-0.3, -0.25) is 9.59 Å². The third-order valence-electron chi connectivity index (χ3n) is 6.13. The van der Waals surface area contributed by atoms with Gasteiger partial charge in [0.15, 0.2) is 6.17 Å². The largest absolute Gasteiger partial charge is 0.361 e. The summed E-state index contributed by atoms with van der Waals surface area (Å²) in [4.78, 5) is 26.9. The van der Waals surface area contributed by atoms with E-state index >= 15 is 0 Å². The van der Waals surface area contributed by atoms with Crippen molar-refractivity contribution in [2.75, 3.05) is 4.90 Å². The molecule has 2 N–H and O–H groups in total. The van der Waals surface area contributed by atoms with Gasteiger partial charge in [-0.15, -0.1) is 0 Å². The second kappa shape index (κ2) is 6.08. The third-order valence-corrected chi connectivity index (χ3v) is 6.13.